The molecule has 0 spiro atoms. The highest BCUT2D eigenvalue weighted by Crippen LogP contribution is 2.32. The number of sulfonamides is 1. The Morgan fingerprint density at radius 2 is 1.92 bits per heavy atom. The summed E-state index contributed by atoms with van der Waals surface area (Å²) >= 11 is 5.88. The Bertz CT molecular complexity index is 1300. The summed E-state index contributed by atoms with van der Waals surface area (Å²) in [6.07, 6.45) is 4.49. The number of rotatable bonds is 10. The second kappa shape index (κ2) is 11.7. The molecule has 0 bridgehead atoms. The minimum Gasteiger partial charge on any atom is -0.481 e. The van der Waals surface area contributed by atoms with Gasteiger partial charge < -0.3 is 14.2 Å². The molecule has 0 aromatic carbocycles. The molecule has 1 saturated heterocycles. The maximum absolute atomic E-state index is 13.5. The fourth-order valence-electron chi connectivity index (χ4n) is 4.25. The van der Waals surface area contributed by atoms with E-state index >= 15 is 0 Å². The summed E-state index contributed by atoms with van der Waals surface area (Å²) in [5.74, 6) is 1.02. The van der Waals surface area contributed by atoms with Gasteiger partial charge in [-0.05, 0) is 39.2 Å². The fraction of sp³-hybridized carbons (Fsp3) is 0.522. The van der Waals surface area contributed by atoms with Gasteiger partial charge in [0.1, 0.15) is 17.0 Å². The van der Waals surface area contributed by atoms with Gasteiger partial charge in [-0.15, -0.1) is 10.2 Å². The molecule has 1 fully saturated rings. The van der Waals surface area contributed by atoms with E-state index < -0.39 is 21.4 Å². The summed E-state index contributed by atoms with van der Waals surface area (Å²) in [5, 5.41) is 7.75. The first-order valence-electron chi connectivity index (χ1n) is 11.8. The van der Waals surface area contributed by atoms with E-state index in [4.69, 9.17) is 25.8 Å². The standard InChI is InChI=1S/C23H30ClN7O5S/c1-14(18-9-5-6-11-36-18)31-22(17-8-7-10-19(27-17)34-3)28-29-23(31)30-37(32,33)15(2)20(35-4)21-25-12-16(24)13-26-21/h7-8,10,12-15,18,20H,5-6,9,11H2,1-4H3,(H,29,30)/t14-,15+,18?,20+/m1/s1. The number of nitrogens with zero attached hydrogens (tertiary/aromatic N) is 6. The topological polar surface area (TPSA) is 143 Å². The number of hydrogen-bond acceptors (Lipinski definition) is 10. The monoisotopic (exact) mass is 551 g/mol. The zero-order valence-corrected chi connectivity index (χ0v) is 22.6. The smallest absolute Gasteiger partial charge is 0.240 e. The molecule has 1 aliphatic heterocycles. The van der Waals surface area contributed by atoms with Crippen molar-refractivity contribution in [2.24, 2.45) is 0 Å². The molecular formula is C23H30ClN7O5S. The third kappa shape index (κ3) is 6.00. The highest BCUT2D eigenvalue weighted by molar-refractivity contribution is 7.93. The maximum Gasteiger partial charge on any atom is 0.240 e. The van der Waals surface area contributed by atoms with Crippen LogP contribution in [0.25, 0.3) is 11.5 Å². The van der Waals surface area contributed by atoms with Gasteiger partial charge in [-0.25, -0.2) is 23.4 Å². The van der Waals surface area contributed by atoms with E-state index in [9.17, 15) is 8.42 Å². The van der Waals surface area contributed by atoms with Crippen molar-refractivity contribution in [3.8, 4) is 17.4 Å². The van der Waals surface area contributed by atoms with Crippen molar-refractivity contribution < 1.29 is 22.6 Å². The number of ether oxygens (including phenoxy) is 3. The first kappa shape index (κ1) is 27.2. The Kier molecular flexibility index (Phi) is 8.57. The molecule has 3 aromatic heterocycles. The average Bonchev–Trinajstić information content (AvgIpc) is 3.32. The van der Waals surface area contributed by atoms with Crippen LogP contribution in [-0.4, -0.2) is 70.3 Å². The fourth-order valence-corrected chi connectivity index (χ4v) is 5.48. The molecule has 37 heavy (non-hydrogen) atoms. The van der Waals surface area contributed by atoms with Crippen molar-refractivity contribution in [1.82, 2.24) is 29.7 Å². The lowest BCUT2D eigenvalue weighted by Crippen LogP contribution is -2.35. The molecule has 1 aliphatic rings. The van der Waals surface area contributed by atoms with E-state index in [1.165, 1.54) is 33.5 Å². The number of methoxy groups -OCH3 is 2. The van der Waals surface area contributed by atoms with Crippen molar-refractivity contribution in [2.75, 3.05) is 25.5 Å². The molecule has 0 amide bonds. The van der Waals surface area contributed by atoms with Crippen LogP contribution < -0.4 is 9.46 Å². The van der Waals surface area contributed by atoms with E-state index in [1.807, 2.05) is 6.92 Å². The Labute approximate surface area is 220 Å². The van der Waals surface area contributed by atoms with Gasteiger partial charge in [-0.2, -0.15) is 0 Å². The third-order valence-corrected chi connectivity index (χ3v) is 8.20. The van der Waals surface area contributed by atoms with E-state index in [-0.39, 0.29) is 23.9 Å². The van der Waals surface area contributed by atoms with E-state index in [0.29, 0.717) is 29.0 Å². The van der Waals surface area contributed by atoms with Gasteiger partial charge in [-0.1, -0.05) is 17.7 Å². The van der Waals surface area contributed by atoms with Gasteiger partial charge in [0.25, 0.3) is 0 Å². The van der Waals surface area contributed by atoms with Gasteiger partial charge in [0.2, 0.25) is 21.9 Å². The molecule has 200 valence electrons. The molecule has 4 atom stereocenters. The molecule has 4 rings (SSSR count). The average molecular weight is 552 g/mol. The zero-order valence-electron chi connectivity index (χ0n) is 21.0. The van der Waals surface area contributed by atoms with E-state index in [1.54, 1.807) is 22.8 Å². The highest BCUT2D eigenvalue weighted by atomic mass is 35.5. The number of anilines is 1. The summed E-state index contributed by atoms with van der Waals surface area (Å²) in [4.78, 5) is 12.7. The number of pyridine rings is 1. The minimum absolute atomic E-state index is 0.0417. The minimum atomic E-state index is -4.05. The van der Waals surface area contributed by atoms with Gasteiger partial charge in [0.15, 0.2) is 11.6 Å². The summed E-state index contributed by atoms with van der Waals surface area (Å²) in [5.41, 5.74) is 0.484. The van der Waals surface area contributed by atoms with Crippen molar-refractivity contribution in [3.63, 3.8) is 0 Å². The van der Waals surface area contributed by atoms with Gasteiger partial charge >= 0.3 is 0 Å². The summed E-state index contributed by atoms with van der Waals surface area (Å²) < 4.78 is 48.1. The molecule has 14 heteroatoms. The van der Waals surface area contributed by atoms with E-state index in [0.717, 1.165) is 19.3 Å². The van der Waals surface area contributed by atoms with Crippen molar-refractivity contribution in [3.05, 3.63) is 41.4 Å². The zero-order chi connectivity index (χ0) is 26.6. The Hall–Kier alpha value is -2.87. The van der Waals surface area contributed by atoms with Crippen LogP contribution in [0.2, 0.25) is 5.02 Å². The molecule has 12 nitrogen and oxygen atoms in total. The number of halogens is 1. The normalized spacial score (nSPS) is 18.7. The lowest BCUT2D eigenvalue weighted by Gasteiger charge is -2.30. The number of aromatic nitrogens is 6. The lowest BCUT2D eigenvalue weighted by molar-refractivity contribution is -0.0116. The second-order valence-electron chi connectivity index (χ2n) is 8.70. The first-order valence-corrected chi connectivity index (χ1v) is 13.8. The predicted octanol–water partition coefficient (Wildman–Crippen LogP) is 3.44. The Balaban J connectivity index is 1.70. The van der Waals surface area contributed by atoms with Crippen molar-refractivity contribution >= 4 is 27.6 Å². The Morgan fingerprint density at radius 1 is 1.16 bits per heavy atom. The van der Waals surface area contributed by atoms with Crippen LogP contribution >= 0.6 is 11.6 Å². The summed E-state index contributed by atoms with van der Waals surface area (Å²) in [6, 6.07) is 4.97. The van der Waals surface area contributed by atoms with Crippen molar-refractivity contribution in [1.29, 1.82) is 0 Å². The van der Waals surface area contributed by atoms with Crippen LogP contribution in [0.5, 0.6) is 5.88 Å². The quantitative estimate of drug-likeness (QED) is 0.398. The van der Waals surface area contributed by atoms with Crippen LogP contribution in [0, 0.1) is 0 Å². The second-order valence-corrected chi connectivity index (χ2v) is 11.2. The van der Waals surface area contributed by atoms with Crippen LogP contribution in [-0.2, 0) is 19.5 Å². The summed E-state index contributed by atoms with van der Waals surface area (Å²) in [6.45, 7) is 4.09. The van der Waals surface area contributed by atoms with Crippen molar-refractivity contribution in [2.45, 2.75) is 56.6 Å². The lowest BCUT2D eigenvalue weighted by atomic mass is 10.0. The SMILES string of the molecule is COc1cccc(-c2nnc(NS(=O)(=O)[C@@H](C)[C@H](OC)c3ncc(Cl)cn3)n2[C@H](C)C2CCCCO2)n1. The molecule has 1 N–H and O–H groups in total. The molecular weight excluding hydrogens is 522 g/mol. The molecule has 3 aromatic rings. The molecule has 0 saturated carbocycles. The molecule has 0 aliphatic carbocycles. The van der Waals surface area contributed by atoms with Crippen LogP contribution in [0.3, 0.4) is 0 Å². The number of nitrogens with one attached hydrogen (secondary N) is 1. The number of hydrogen-bond donors (Lipinski definition) is 1. The summed E-state index contributed by atoms with van der Waals surface area (Å²) in [7, 11) is -1.13. The third-order valence-electron chi connectivity index (χ3n) is 6.32. The van der Waals surface area contributed by atoms with Crippen LogP contribution in [0.4, 0.5) is 5.95 Å². The van der Waals surface area contributed by atoms with Crippen LogP contribution in [0.15, 0.2) is 30.6 Å². The highest BCUT2D eigenvalue weighted by Gasteiger charge is 2.36. The van der Waals surface area contributed by atoms with Crippen LogP contribution in [0.1, 0.15) is 51.1 Å². The van der Waals surface area contributed by atoms with E-state index in [2.05, 4.69) is 29.9 Å². The molecule has 4 heterocycles. The molecule has 1 unspecified atom stereocenters. The van der Waals surface area contributed by atoms with Gasteiger partial charge in [0.05, 0.1) is 24.3 Å². The van der Waals surface area contributed by atoms with Gasteiger partial charge in [0, 0.05) is 32.2 Å². The Morgan fingerprint density at radius 3 is 2.57 bits per heavy atom. The molecule has 0 radical (unpaired) electrons. The first-order chi connectivity index (χ1) is 17.7. The maximum atomic E-state index is 13.5. The van der Waals surface area contributed by atoms with Gasteiger partial charge in [-0.3, -0.25) is 9.29 Å². The largest absolute Gasteiger partial charge is 0.481 e. The predicted molar refractivity (Wildman–Crippen MR) is 137 cm³/mol.